The molecule has 0 saturated carbocycles. The molecule has 0 atom stereocenters. The fourth-order valence-electron chi connectivity index (χ4n) is 2.73. The maximum absolute atomic E-state index is 11.2. The van der Waals surface area contributed by atoms with Gasteiger partial charge in [-0.2, -0.15) is 5.26 Å². The molecule has 0 saturated heterocycles. The zero-order valence-electron chi connectivity index (χ0n) is 18.9. The van der Waals surface area contributed by atoms with Gasteiger partial charge in [0.1, 0.15) is 11.1 Å². The molecule has 0 spiro atoms. The van der Waals surface area contributed by atoms with Crippen LogP contribution in [0.1, 0.15) is 48.8 Å². The lowest BCUT2D eigenvalue weighted by Crippen LogP contribution is -2.31. The topological polar surface area (TPSA) is 95.7 Å². The lowest BCUT2D eigenvalue weighted by molar-refractivity contribution is 0.0687. The molecule has 0 fully saturated rings. The lowest BCUT2D eigenvalue weighted by atomic mass is 10.3. The highest BCUT2D eigenvalue weighted by atomic mass is 32.2. The Hall–Kier alpha value is -1.57. The van der Waals surface area contributed by atoms with E-state index < -0.39 is 5.97 Å². The number of rotatable bonds is 20. The number of pyridine rings is 1. The molecule has 1 N–H and O–H groups in total. The quantitative estimate of drug-likeness (QED) is 0.211. The number of aromatic carboxylic acids is 1. The van der Waals surface area contributed by atoms with E-state index in [0.717, 1.165) is 62.6 Å². The standard InChI is InChI=1S/C23H35N3O4S2/c1-2-12-29-14-10-26(19-21-8-6-9-22(25-21)23(27)28)11-15-30-13-7-18-31-16-4-3-5-17-32-20-24/h6-9,18H,2-5,10-17,19H2,1H3,(H,27,28)/b18-7-. The summed E-state index contributed by atoms with van der Waals surface area (Å²) in [5, 5.41) is 21.8. The average Bonchev–Trinajstić information content (AvgIpc) is 2.79. The fraction of sp³-hybridized carbons (Fsp3) is 0.609. The van der Waals surface area contributed by atoms with E-state index >= 15 is 0 Å². The zero-order chi connectivity index (χ0) is 23.3. The van der Waals surface area contributed by atoms with Crippen LogP contribution < -0.4 is 0 Å². The van der Waals surface area contributed by atoms with Crippen molar-refractivity contribution in [1.29, 1.82) is 5.26 Å². The molecule has 0 radical (unpaired) electrons. The van der Waals surface area contributed by atoms with E-state index in [0.29, 0.717) is 26.4 Å². The number of thiocyanates is 1. The normalized spacial score (nSPS) is 11.3. The molecule has 0 aromatic carbocycles. The third-order valence-corrected chi connectivity index (χ3v) is 5.87. The molecule has 1 rings (SSSR count). The molecule has 0 aliphatic carbocycles. The van der Waals surface area contributed by atoms with Crippen molar-refractivity contribution in [2.45, 2.75) is 39.2 Å². The van der Waals surface area contributed by atoms with E-state index in [2.05, 4.69) is 27.6 Å². The molecular weight excluding hydrogens is 446 g/mol. The largest absolute Gasteiger partial charge is 0.477 e. The van der Waals surface area contributed by atoms with Crippen molar-refractivity contribution in [2.24, 2.45) is 0 Å². The summed E-state index contributed by atoms with van der Waals surface area (Å²) in [7, 11) is 0. The number of carbonyl (C=O) groups is 1. The van der Waals surface area contributed by atoms with Crippen LogP contribution in [0.25, 0.3) is 0 Å². The van der Waals surface area contributed by atoms with Gasteiger partial charge in [0.25, 0.3) is 0 Å². The van der Waals surface area contributed by atoms with Gasteiger partial charge in [-0.05, 0) is 54.3 Å². The second-order valence-corrected chi connectivity index (χ2v) is 8.92. The summed E-state index contributed by atoms with van der Waals surface area (Å²) in [6.07, 6.45) is 6.43. The summed E-state index contributed by atoms with van der Waals surface area (Å²) in [6, 6.07) is 5.07. The van der Waals surface area contributed by atoms with E-state index in [-0.39, 0.29) is 5.69 Å². The Bertz CT molecular complexity index is 698. The lowest BCUT2D eigenvalue weighted by Gasteiger charge is -2.22. The summed E-state index contributed by atoms with van der Waals surface area (Å²) >= 11 is 3.12. The van der Waals surface area contributed by atoms with Gasteiger partial charge in [-0.1, -0.05) is 25.5 Å². The van der Waals surface area contributed by atoms with Gasteiger partial charge in [-0.3, -0.25) is 4.90 Å². The molecular formula is C23H35N3O4S2. The van der Waals surface area contributed by atoms with Gasteiger partial charge in [-0.25, -0.2) is 9.78 Å². The molecule has 0 aliphatic rings. The summed E-state index contributed by atoms with van der Waals surface area (Å²) < 4.78 is 11.3. The van der Waals surface area contributed by atoms with E-state index in [9.17, 15) is 4.79 Å². The van der Waals surface area contributed by atoms with Crippen LogP contribution in [-0.4, -0.2) is 72.0 Å². The second-order valence-electron chi connectivity index (χ2n) is 7.03. The van der Waals surface area contributed by atoms with E-state index in [1.165, 1.54) is 17.8 Å². The third kappa shape index (κ3) is 15.3. The number of hydrogen-bond donors (Lipinski definition) is 1. The van der Waals surface area contributed by atoms with Crippen LogP contribution in [0.5, 0.6) is 0 Å². The summed E-state index contributed by atoms with van der Waals surface area (Å²) in [4.78, 5) is 17.5. The Morgan fingerprint density at radius 1 is 1.19 bits per heavy atom. The smallest absolute Gasteiger partial charge is 0.354 e. The third-order valence-electron chi connectivity index (χ3n) is 4.34. The molecule has 1 heterocycles. The van der Waals surface area contributed by atoms with E-state index in [1.54, 1.807) is 17.8 Å². The van der Waals surface area contributed by atoms with Crippen molar-refractivity contribution in [1.82, 2.24) is 9.88 Å². The van der Waals surface area contributed by atoms with Crippen LogP contribution in [0.2, 0.25) is 0 Å². The van der Waals surface area contributed by atoms with Crippen molar-refractivity contribution in [2.75, 3.05) is 51.0 Å². The van der Waals surface area contributed by atoms with Crippen molar-refractivity contribution < 1.29 is 19.4 Å². The van der Waals surface area contributed by atoms with Crippen LogP contribution >= 0.6 is 23.5 Å². The first-order valence-electron chi connectivity index (χ1n) is 11.0. The van der Waals surface area contributed by atoms with Gasteiger partial charge in [-0.15, -0.1) is 11.8 Å². The van der Waals surface area contributed by atoms with Crippen LogP contribution in [0, 0.1) is 10.7 Å². The highest BCUT2D eigenvalue weighted by Crippen LogP contribution is 2.10. The summed E-state index contributed by atoms with van der Waals surface area (Å²) in [5.74, 6) is 0.991. The molecule has 0 aliphatic heterocycles. The minimum Gasteiger partial charge on any atom is -0.477 e. The van der Waals surface area contributed by atoms with Crippen molar-refractivity contribution in [3.8, 4) is 5.40 Å². The predicted molar refractivity (Wildman–Crippen MR) is 132 cm³/mol. The molecule has 1 aromatic rings. The van der Waals surface area contributed by atoms with Gasteiger partial charge < -0.3 is 14.6 Å². The molecule has 32 heavy (non-hydrogen) atoms. The number of nitriles is 1. The Labute approximate surface area is 200 Å². The number of ether oxygens (including phenoxy) is 2. The Morgan fingerprint density at radius 2 is 1.97 bits per heavy atom. The van der Waals surface area contributed by atoms with Crippen LogP contribution in [0.4, 0.5) is 0 Å². The number of thioether (sulfide) groups is 2. The van der Waals surface area contributed by atoms with Gasteiger partial charge in [0, 0.05) is 32.0 Å². The minimum atomic E-state index is -1.02. The number of carboxylic acid groups (broad SMARTS) is 1. The number of unbranched alkanes of at least 4 members (excludes halogenated alkanes) is 2. The van der Waals surface area contributed by atoms with Gasteiger partial charge >= 0.3 is 5.97 Å². The molecule has 7 nitrogen and oxygen atoms in total. The van der Waals surface area contributed by atoms with Gasteiger partial charge in [0.2, 0.25) is 0 Å². The monoisotopic (exact) mass is 481 g/mol. The summed E-state index contributed by atoms with van der Waals surface area (Å²) in [5.41, 5.74) is 0.785. The second kappa shape index (κ2) is 20.1. The van der Waals surface area contributed by atoms with Crippen molar-refractivity contribution in [3.63, 3.8) is 0 Å². The van der Waals surface area contributed by atoms with Gasteiger partial charge in [0.05, 0.1) is 25.5 Å². The Balaban J connectivity index is 2.27. The fourth-order valence-corrected chi connectivity index (χ4v) is 3.89. The zero-order valence-corrected chi connectivity index (χ0v) is 20.5. The maximum Gasteiger partial charge on any atom is 0.354 e. The maximum atomic E-state index is 11.2. The molecule has 0 unspecified atom stereocenters. The molecule has 0 bridgehead atoms. The Morgan fingerprint density at radius 3 is 2.72 bits per heavy atom. The first-order chi connectivity index (χ1) is 15.7. The van der Waals surface area contributed by atoms with Gasteiger partial charge in [0.15, 0.2) is 0 Å². The predicted octanol–water partition coefficient (Wildman–Crippen LogP) is 4.66. The average molecular weight is 482 g/mol. The molecule has 0 amide bonds. The Kier molecular flexibility index (Phi) is 17.8. The minimum absolute atomic E-state index is 0.0598. The highest BCUT2D eigenvalue weighted by molar-refractivity contribution is 8.03. The molecule has 1 aromatic heterocycles. The van der Waals surface area contributed by atoms with E-state index in [1.807, 2.05) is 12.1 Å². The number of nitrogens with zero attached hydrogens (tertiary/aromatic N) is 3. The molecule has 178 valence electrons. The first-order valence-corrected chi connectivity index (χ1v) is 13.0. The van der Waals surface area contributed by atoms with Crippen LogP contribution in [-0.2, 0) is 16.0 Å². The van der Waals surface area contributed by atoms with Crippen molar-refractivity contribution >= 4 is 29.5 Å². The highest BCUT2D eigenvalue weighted by Gasteiger charge is 2.10. The van der Waals surface area contributed by atoms with E-state index in [4.69, 9.17) is 19.8 Å². The first kappa shape index (κ1) is 28.5. The van der Waals surface area contributed by atoms with Crippen LogP contribution in [0.3, 0.4) is 0 Å². The number of carboxylic acids is 1. The summed E-state index contributed by atoms with van der Waals surface area (Å²) in [6.45, 7) is 6.59. The number of aromatic nitrogens is 1. The SMILES string of the molecule is CCCOCCN(CCOC/C=C\SCCCCCSC#N)Cc1cccc(C(=O)O)n1. The number of hydrogen-bond acceptors (Lipinski definition) is 8. The van der Waals surface area contributed by atoms with Crippen LogP contribution in [0.15, 0.2) is 29.7 Å². The molecule has 9 heteroatoms. The van der Waals surface area contributed by atoms with Crippen molar-refractivity contribution in [3.05, 3.63) is 41.1 Å².